The number of para-hydroxylation sites is 2. The Labute approximate surface area is 224 Å². The molecule has 1 unspecified atom stereocenters. The number of benzene rings is 3. The summed E-state index contributed by atoms with van der Waals surface area (Å²) in [6.45, 7) is 10.5. The topological polar surface area (TPSA) is 53.4 Å². The van der Waals surface area contributed by atoms with E-state index in [2.05, 4.69) is 89.3 Å². The molecule has 2 aliphatic rings. The number of hydrogen-bond donors (Lipinski definition) is 1. The molecule has 0 aliphatic carbocycles. The fourth-order valence-corrected chi connectivity index (χ4v) is 5.74. The van der Waals surface area contributed by atoms with E-state index in [4.69, 9.17) is 4.98 Å². The number of carbonyl (C=O) groups excluding carboxylic acids is 1. The lowest BCUT2D eigenvalue weighted by Gasteiger charge is -2.38. The lowest BCUT2D eigenvalue weighted by Crippen LogP contribution is -2.49. The van der Waals surface area contributed by atoms with Crippen molar-refractivity contribution in [2.75, 3.05) is 31.5 Å². The fraction of sp³-hybridized carbons (Fsp3) is 0.312. The van der Waals surface area contributed by atoms with Crippen LogP contribution < -0.4 is 5.32 Å². The molecule has 1 amide bonds. The average Bonchev–Trinajstić information content (AvgIpc) is 3.31. The summed E-state index contributed by atoms with van der Waals surface area (Å²) in [5.41, 5.74) is 7.34. The van der Waals surface area contributed by atoms with E-state index in [0.29, 0.717) is 5.92 Å². The van der Waals surface area contributed by atoms with Crippen LogP contribution in [0, 0.1) is 0 Å². The number of carbonyl (C=O) groups is 1. The number of imidazole rings is 1. The smallest absolute Gasteiger partial charge is 0.254 e. The monoisotopic (exact) mass is 505 g/mol. The molecule has 2 aliphatic heterocycles. The van der Waals surface area contributed by atoms with E-state index in [9.17, 15) is 4.79 Å². The van der Waals surface area contributed by atoms with Crippen molar-refractivity contribution >= 4 is 22.9 Å². The van der Waals surface area contributed by atoms with E-state index in [1.165, 1.54) is 11.1 Å². The third kappa shape index (κ3) is 4.50. The first-order valence-corrected chi connectivity index (χ1v) is 13.6. The van der Waals surface area contributed by atoms with Crippen molar-refractivity contribution in [3.8, 4) is 0 Å². The summed E-state index contributed by atoms with van der Waals surface area (Å²) >= 11 is 0. The Bertz CT molecular complexity index is 1480. The summed E-state index contributed by atoms with van der Waals surface area (Å²) in [7, 11) is 0. The highest BCUT2D eigenvalue weighted by molar-refractivity contribution is 5.98. The van der Waals surface area contributed by atoms with E-state index >= 15 is 0 Å². The summed E-state index contributed by atoms with van der Waals surface area (Å²) in [6, 6.07) is 27.2. The Balaban J connectivity index is 1.32. The number of hydrogen-bond acceptors (Lipinski definition) is 4. The van der Waals surface area contributed by atoms with Gasteiger partial charge in [-0.25, -0.2) is 4.98 Å². The first-order valence-electron chi connectivity index (χ1n) is 13.6. The van der Waals surface area contributed by atoms with Crippen molar-refractivity contribution in [3.05, 3.63) is 107 Å². The van der Waals surface area contributed by atoms with Gasteiger partial charge in [-0.15, -0.1) is 0 Å². The van der Waals surface area contributed by atoms with Crippen LogP contribution in [-0.4, -0.2) is 51.4 Å². The minimum absolute atomic E-state index is 0.107. The molecule has 0 radical (unpaired) electrons. The van der Waals surface area contributed by atoms with Gasteiger partial charge in [0, 0.05) is 38.4 Å². The van der Waals surface area contributed by atoms with Crippen molar-refractivity contribution < 1.29 is 4.79 Å². The van der Waals surface area contributed by atoms with Gasteiger partial charge in [0.05, 0.1) is 22.6 Å². The lowest BCUT2D eigenvalue weighted by molar-refractivity contribution is -0.129. The maximum absolute atomic E-state index is 14.2. The van der Waals surface area contributed by atoms with Gasteiger partial charge in [0.25, 0.3) is 5.91 Å². The molecule has 194 valence electrons. The quantitative estimate of drug-likeness (QED) is 0.373. The Hall–Kier alpha value is -3.90. The second kappa shape index (κ2) is 10.1. The molecule has 0 saturated carbocycles. The fourth-order valence-electron chi connectivity index (χ4n) is 5.74. The molecule has 1 saturated heterocycles. The highest BCUT2D eigenvalue weighted by atomic mass is 16.2. The molecular formula is C32H35N5O. The largest absolute Gasteiger partial charge is 0.336 e. The summed E-state index contributed by atoms with van der Waals surface area (Å²) in [5.74, 6) is 1.34. The first kappa shape index (κ1) is 24.4. The standard InChI is InChI=1S/C32H35N5O/c1-22(2)25-13-15-26(16-14-25)30-29(23(3)33-32-34-27-11-7-8-12-28(27)37(30)32)31(38)36-19-17-35(18-20-36)21-24-9-5-4-6-10-24/h4-16,22,30H,17-21H2,1-3H3,(H,33,34). The van der Waals surface area contributed by atoms with Crippen molar-refractivity contribution in [2.24, 2.45) is 0 Å². The van der Waals surface area contributed by atoms with Crippen molar-refractivity contribution in [2.45, 2.75) is 39.3 Å². The van der Waals surface area contributed by atoms with Crippen LogP contribution in [0.5, 0.6) is 0 Å². The van der Waals surface area contributed by atoms with Gasteiger partial charge < -0.3 is 10.2 Å². The Morgan fingerprint density at radius 3 is 2.32 bits per heavy atom. The summed E-state index contributed by atoms with van der Waals surface area (Å²) < 4.78 is 2.20. The Morgan fingerprint density at radius 2 is 1.61 bits per heavy atom. The number of nitrogens with zero attached hydrogens (tertiary/aromatic N) is 4. The van der Waals surface area contributed by atoms with Gasteiger partial charge in [-0.1, -0.05) is 80.6 Å². The molecule has 6 heteroatoms. The second-order valence-electron chi connectivity index (χ2n) is 10.7. The summed E-state index contributed by atoms with van der Waals surface area (Å²) in [5, 5.41) is 3.46. The van der Waals surface area contributed by atoms with Gasteiger partial charge >= 0.3 is 0 Å². The van der Waals surface area contributed by atoms with Crippen molar-refractivity contribution in [3.63, 3.8) is 0 Å². The van der Waals surface area contributed by atoms with Crippen molar-refractivity contribution in [1.82, 2.24) is 19.4 Å². The zero-order valence-corrected chi connectivity index (χ0v) is 22.4. The van der Waals surface area contributed by atoms with Crippen LogP contribution in [0.25, 0.3) is 11.0 Å². The third-order valence-corrected chi connectivity index (χ3v) is 7.89. The van der Waals surface area contributed by atoms with E-state index in [1.54, 1.807) is 0 Å². The highest BCUT2D eigenvalue weighted by Crippen LogP contribution is 2.40. The van der Waals surface area contributed by atoms with Gasteiger partial charge in [-0.2, -0.15) is 0 Å². The summed E-state index contributed by atoms with van der Waals surface area (Å²) in [4.78, 5) is 23.6. The van der Waals surface area contributed by atoms with Gasteiger partial charge in [-0.3, -0.25) is 14.3 Å². The van der Waals surface area contributed by atoms with E-state index in [-0.39, 0.29) is 11.9 Å². The number of anilines is 1. The predicted octanol–water partition coefficient (Wildman–Crippen LogP) is 5.79. The van der Waals surface area contributed by atoms with Crippen LogP contribution in [0.15, 0.2) is 90.1 Å². The van der Waals surface area contributed by atoms with Crippen LogP contribution in [0.4, 0.5) is 5.95 Å². The normalized spacial score (nSPS) is 18.1. The molecular weight excluding hydrogens is 470 g/mol. The lowest BCUT2D eigenvalue weighted by atomic mass is 9.91. The van der Waals surface area contributed by atoms with Crippen LogP contribution in [0.1, 0.15) is 49.4 Å². The minimum Gasteiger partial charge on any atom is -0.336 e. The van der Waals surface area contributed by atoms with Gasteiger partial charge in [0.15, 0.2) is 0 Å². The van der Waals surface area contributed by atoms with Crippen molar-refractivity contribution in [1.29, 1.82) is 0 Å². The molecule has 1 fully saturated rings. The predicted molar refractivity (Wildman–Crippen MR) is 153 cm³/mol. The highest BCUT2D eigenvalue weighted by Gasteiger charge is 2.36. The van der Waals surface area contributed by atoms with Crippen LogP contribution in [0.2, 0.25) is 0 Å². The molecule has 0 spiro atoms. The van der Waals surface area contributed by atoms with Crippen LogP contribution in [0.3, 0.4) is 0 Å². The first-order chi connectivity index (χ1) is 18.5. The zero-order valence-electron chi connectivity index (χ0n) is 22.4. The zero-order chi connectivity index (χ0) is 26.2. The third-order valence-electron chi connectivity index (χ3n) is 7.89. The summed E-state index contributed by atoms with van der Waals surface area (Å²) in [6.07, 6.45) is 0. The number of piperazine rings is 1. The van der Waals surface area contributed by atoms with Gasteiger partial charge in [0.1, 0.15) is 0 Å². The van der Waals surface area contributed by atoms with Gasteiger partial charge in [-0.05, 0) is 41.7 Å². The Morgan fingerprint density at radius 1 is 0.921 bits per heavy atom. The van der Waals surface area contributed by atoms with Crippen LogP contribution >= 0.6 is 0 Å². The number of amides is 1. The maximum Gasteiger partial charge on any atom is 0.254 e. The number of allylic oxidation sites excluding steroid dienone is 1. The number of aromatic nitrogens is 2. The van der Waals surface area contributed by atoms with E-state index in [0.717, 1.165) is 66.5 Å². The molecule has 6 rings (SSSR count). The molecule has 1 aromatic heterocycles. The number of fused-ring (bicyclic) bond motifs is 3. The van der Waals surface area contributed by atoms with Crippen LogP contribution in [-0.2, 0) is 11.3 Å². The molecule has 6 nitrogen and oxygen atoms in total. The molecule has 1 N–H and O–H groups in total. The molecule has 38 heavy (non-hydrogen) atoms. The van der Waals surface area contributed by atoms with Gasteiger partial charge in [0.2, 0.25) is 5.95 Å². The minimum atomic E-state index is -0.241. The van der Waals surface area contributed by atoms with E-state index < -0.39 is 0 Å². The maximum atomic E-state index is 14.2. The molecule has 0 bridgehead atoms. The molecule has 3 heterocycles. The van der Waals surface area contributed by atoms with E-state index in [1.807, 2.05) is 30.0 Å². The second-order valence-corrected chi connectivity index (χ2v) is 10.7. The Kier molecular flexibility index (Phi) is 6.50. The number of rotatable bonds is 5. The average molecular weight is 506 g/mol. The molecule has 4 aromatic rings. The molecule has 3 aromatic carbocycles. The SMILES string of the molecule is CC1=C(C(=O)N2CCN(Cc3ccccc3)CC2)C(c2ccc(C(C)C)cc2)n2c(nc3ccccc32)N1. The number of nitrogens with one attached hydrogen (secondary N) is 1. The molecule has 1 atom stereocenters.